The van der Waals surface area contributed by atoms with Gasteiger partial charge in [-0.3, -0.25) is 4.90 Å². The molecule has 1 aliphatic rings. The summed E-state index contributed by atoms with van der Waals surface area (Å²) < 4.78 is 81.2. The van der Waals surface area contributed by atoms with Crippen molar-refractivity contribution in [1.82, 2.24) is 10.2 Å². The quantitative estimate of drug-likeness (QED) is 0.863. The molecule has 0 unspecified atom stereocenters. The van der Waals surface area contributed by atoms with Crippen molar-refractivity contribution >= 4 is 0 Å². The van der Waals surface area contributed by atoms with Gasteiger partial charge < -0.3 is 10.1 Å². The molecule has 0 saturated carbocycles. The molecule has 1 heterocycles. The number of piperazine rings is 1. The Labute approximate surface area is 122 Å². The summed E-state index contributed by atoms with van der Waals surface area (Å²) in [5.74, 6) is -0.823. The topological polar surface area (TPSA) is 24.5 Å². The van der Waals surface area contributed by atoms with E-state index in [1.165, 1.54) is 12.1 Å². The summed E-state index contributed by atoms with van der Waals surface area (Å²) in [6, 6.07) is 2.24. The summed E-state index contributed by atoms with van der Waals surface area (Å²) in [4.78, 5) is 1.11. The highest BCUT2D eigenvalue weighted by molar-refractivity contribution is 5.37. The molecule has 9 heteroatoms. The van der Waals surface area contributed by atoms with Crippen LogP contribution in [0.1, 0.15) is 11.6 Å². The Bertz CT molecular complexity index is 496. The third-order valence-electron chi connectivity index (χ3n) is 3.27. The molecule has 0 radical (unpaired) electrons. The number of alkyl halides is 6. The molecule has 3 nitrogen and oxygen atoms in total. The zero-order valence-electron chi connectivity index (χ0n) is 11.3. The molecule has 124 valence electrons. The minimum absolute atomic E-state index is 0.0878. The van der Waals surface area contributed by atoms with Gasteiger partial charge in [-0.25, -0.2) is 0 Å². The van der Waals surface area contributed by atoms with E-state index in [1.54, 1.807) is 0 Å². The molecule has 0 bridgehead atoms. The van der Waals surface area contributed by atoms with Gasteiger partial charge in [-0.05, 0) is 6.07 Å². The average Bonchev–Trinajstić information content (AvgIpc) is 2.39. The second-order valence-corrected chi connectivity index (χ2v) is 4.82. The van der Waals surface area contributed by atoms with Crippen molar-refractivity contribution in [2.75, 3.05) is 26.2 Å². The van der Waals surface area contributed by atoms with Gasteiger partial charge >= 0.3 is 12.5 Å². The lowest BCUT2D eigenvalue weighted by molar-refractivity contribution is -0.275. The van der Waals surface area contributed by atoms with E-state index in [0.29, 0.717) is 13.1 Å². The van der Waals surface area contributed by atoms with Gasteiger partial charge in [-0.2, -0.15) is 13.2 Å². The maximum atomic E-state index is 13.4. The van der Waals surface area contributed by atoms with E-state index in [9.17, 15) is 26.3 Å². The summed E-state index contributed by atoms with van der Waals surface area (Å²) in [7, 11) is 0. The molecule has 1 fully saturated rings. The molecule has 1 aromatic rings. The summed E-state index contributed by atoms with van der Waals surface area (Å²) >= 11 is 0. The molecule has 1 atom stereocenters. The monoisotopic (exact) mass is 328 g/mol. The smallest absolute Gasteiger partial charge is 0.405 e. The van der Waals surface area contributed by atoms with Crippen LogP contribution in [-0.2, 0) is 0 Å². The average molecular weight is 328 g/mol. The number of nitrogens with one attached hydrogen (secondary N) is 1. The molecule has 1 saturated heterocycles. The lowest BCUT2D eigenvalue weighted by Gasteiger charge is -2.36. The molecule has 0 amide bonds. The first kappa shape index (κ1) is 16.9. The molecule has 0 aromatic heterocycles. The van der Waals surface area contributed by atoms with E-state index < -0.39 is 29.9 Å². The predicted octanol–water partition coefficient (Wildman–Crippen LogP) is 3.09. The molecular weight excluding hydrogens is 314 g/mol. The Morgan fingerprint density at radius 1 is 1.00 bits per heavy atom. The van der Waals surface area contributed by atoms with Crippen molar-refractivity contribution < 1.29 is 31.1 Å². The SMILES string of the molecule is FC(F)(F)Oc1ccccc1[C@H](N1CCNCC1)C(F)(F)F. The second-order valence-electron chi connectivity index (χ2n) is 4.82. The van der Waals surface area contributed by atoms with E-state index in [0.717, 1.165) is 17.0 Å². The van der Waals surface area contributed by atoms with E-state index in [1.807, 2.05) is 0 Å². The van der Waals surface area contributed by atoms with Gasteiger partial charge in [0.2, 0.25) is 0 Å². The molecule has 1 aromatic carbocycles. The van der Waals surface area contributed by atoms with Crippen LogP contribution in [0.3, 0.4) is 0 Å². The van der Waals surface area contributed by atoms with Crippen molar-refractivity contribution in [3.05, 3.63) is 29.8 Å². The van der Waals surface area contributed by atoms with Gasteiger partial charge in [0.1, 0.15) is 11.8 Å². The fourth-order valence-electron chi connectivity index (χ4n) is 2.44. The highest BCUT2D eigenvalue weighted by Crippen LogP contribution is 2.42. The maximum absolute atomic E-state index is 13.4. The third-order valence-corrected chi connectivity index (χ3v) is 3.27. The normalized spacial score (nSPS) is 19.0. The van der Waals surface area contributed by atoms with Gasteiger partial charge in [0, 0.05) is 31.7 Å². The number of halogens is 6. The number of hydrogen-bond acceptors (Lipinski definition) is 3. The Morgan fingerprint density at radius 2 is 1.59 bits per heavy atom. The van der Waals surface area contributed by atoms with Gasteiger partial charge in [0.25, 0.3) is 0 Å². The number of hydrogen-bond donors (Lipinski definition) is 1. The van der Waals surface area contributed by atoms with Crippen LogP contribution in [0.2, 0.25) is 0 Å². The van der Waals surface area contributed by atoms with E-state index in [-0.39, 0.29) is 13.1 Å². The molecule has 2 rings (SSSR count). The van der Waals surface area contributed by atoms with Crippen LogP contribution >= 0.6 is 0 Å². The third kappa shape index (κ3) is 4.26. The van der Waals surface area contributed by atoms with Gasteiger partial charge in [-0.1, -0.05) is 18.2 Å². The van der Waals surface area contributed by atoms with Crippen LogP contribution in [0.5, 0.6) is 5.75 Å². The summed E-state index contributed by atoms with van der Waals surface area (Å²) in [5, 5.41) is 2.91. The molecule has 1 N–H and O–H groups in total. The summed E-state index contributed by atoms with van der Waals surface area (Å²) in [6.45, 7) is 0.860. The number of para-hydroxylation sites is 1. The van der Waals surface area contributed by atoms with Crippen LogP contribution in [0, 0.1) is 0 Å². The van der Waals surface area contributed by atoms with E-state index in [4.69, 9.17) is 0 Å². The lowest BCUT2D eigenvalue weighted by Crippen LogP contribution is -2.49. The zero-order valence-corrected chi connectivity index (χ0v) is 11.3. The fourth-order valence-corrected chi connectivity index (χ4v) is 2.44. The van der Waals surface area contributed by atoms with Crippen LogP contribution < -0.4 is 10.1 Å². The minimum Gasteiger partial charge on any atom is -0.405 e. The Kier molecular flexibility index (Phi) is 4.86. The summed E-state index contributed by atoms with van der Waals surface area (Å²) in [6.07, 6.45) is -9.75. The number of rotatable bonds is 3. The van der Waals surface area contributed by atoms with Crippen molar-refractivity contribution in [2.24, 2.45) is 0 Å². The number of nitrogens with zero attached hydrogens (tertiary/aromatic N) is 1. The van der Waals surface area contributed by atoms with Crippen LogP contribution in [0.25, 0.3) is 0 Å². The molecular formula is C13H14F6N2O. The van der Waals surface area contributed by atoms with Crippen LogP contribution in [0.4, 0.5) is 26.3 Å². The first-order valence-corrected chi connectivity index (χ1v) is 6.54. The standard InChI is InChI=1S/C13H14F6N2O/c14-12(15,16)11(21-7-5-20-6-8-21)9-3-1-2-4-10(9)22-13(17,18)19/h1-4,11,20H,5-8H2/t11-/m0/s1. The largest absolute Gasteiger partial charge is 0.573 e. The summed E-state index contributed by atoms with van der Waals surface area (Å²) in [5.41, 5.74) is -0.533. The molecule has 1 aliphatic heterocycles. The predicted molar refractivity (Wildman–Crippen MR) is 66.4 cm³/mol. The lowest BCUT2D eigenvalue weighted by atomic mass is 10.0. The first-order chi connectivity index (χ1) is 10.2. The number of ether oxygens (including phenoxy) is 1. The number of benzene rings is 1. The van der Waals surface area contributed by atoms with Crippen LogP contribution in [-0.4, -0.2) is 43.6 Å². The van der Waals surface area contributed by atoms with Gasteiger partial charge in [0.05, 0.1) is 0 Å². The second kappa shape index (κ2) is 6.33. The minimum atomic E-state index is -5.05. The van der Waals surface area contributed by atoms with Gasteiger partial charge in [-0.15, -0.1) is 13.2 Å². The van der Waals surface area contributed by atoms with Crippen molar-refractivity contribution in [1.29, 1.82) is 0 Å². The zero-order chi connectivity index (χ0) is 16.4. The van der Waals surface area contributed by atoms with Crippen molar-refractivity contribution in [2.45, 2.75) is 18.6 Å². The van der Waals surface area contributed by atoms with E-state index in [2.05, 4.69) is 10.1 Å². The van der Waals surface area contributed by atoms with E-state index >= 15 is 0 Å². The first-order valence-electron chi connectivity index (χ1n) is 6.54. The van der Waals surface area contributed by atoms with Crippen molar-refractivity contribution in [3.8, 4) is 5.75 Å². The Hall–Kier alpha value is -1.48. The Morgan fingerprint density at radius 3 is 2.14 bits per heavy atom. The molecule has 22 heavy (non-hydrogen) atoms. The maximum Gasteiger partial charge on any atom is 0.573 e. The van der Waals surface area contributed by atoms with Crippen molar-refractivity contribution in [3.63, 3.8) is 0 Å². The van der Waals surface area contributed by atoms with Crippen LogP contribution in [0.15, 0.2) is 24.3 Å². The molecule has 0 aliphatic carbocycles. The van der Waals surface area contributed by atoms with Gasteiger partial charge in [0.15, 0.2) is 0 Å². The Balaban J connectivity index is 2.39. The highest BCUT2D eigenvalue weighted by atomic mass is 19.4. The highest BCUT2D eigenvalue weighted by Gasteiger charge is 2.47. The molecule has 0 spiro atoms. The fraction of sp³-hybridized carbons (Fsp3) is 0.538.